The van der Waals surface area contributed by atoms with Crippen molar-refractivity contribution in [2.75, 3.05) is 7.11 Å². The number of benzene rings is 2. The molecular formula is C19H14ClF2N5O3S. The molecule has 0 aliphatic heterocycles. The van der Waals surface area contributed by atoms with E-state index in [1.54, 1.807) is 12.1 Å². The minimum Gasteiger partial charge on any atom is -0.493 e. The van der Waals surface area contributed by atoms with E-state index < -0.39 is 6.61 Å². The number of methoxy groups -OCH3 is 1. The topological polar surface area (TPSA) is 99.0 Å². The summed E-state index contributed by atoms with van der Waals surface area (Å²) in [5.74, 6) is 1.65. The highest BCUT2D eigenvalue weighted by Crippen LogP contribution is 2.33. The van der Waals surface area contributed by atoms with Crippen LogP contribution >= 0.6 is 23.4 Å². The van der Waals surface area contributed by atoms with E-state index in [2.05, 4.69) is 30.1 Å². The van der Waals surface area contributed by atoms with E-state index >= 15 is 0 Å². The molecule has 0 aliphatic rings. The maximum atomic E-state index is 12.5. The van der Waals surface area contributed by atoms with E-state index in [4.69, 9.17) is 20.9 Å². The van der Waals surface area contributed by atoms with Crippen LogP contribution in [0, 0.1) is 0 Å². The summed E-state index contributed by atoms with van der Waals surface area (Å²) in [7, 11) is 1.35. The second-order valence-corrected chi connectivity index (χ2v) is 7.40. The number of nitrogens with one attached hydrogen (secondary N) is 1. The lowest BCUT2D eigenvalue weighted by molar-refractivity contribution is -0.0512. The molecule has 31 heavy (non-hydrogen) atoms. The van der Waals surface area contributed by atoms with Gasteiger partial charge < -0.3 is 14.0 Å². The van der Waals surface area contributed by atoms with E-state index in [9.17, 15) is 8.78 Å². The molecule has 0 bridgehead atoms. The molecule has 0 saturated heterocycles. The van der Waals surface area contributed by atoms with Gasteiger partial charge in [0.1, 0.15) is 0 Å². The number of nitrogens with zero attached hydrogens (tertiary/aromatic N) is 4. The summed E-state index contributed by atoms with van der Waals surface area (Å²) in [6, 6.07) is 11.6. The third kappa shape index (κ3) is 5.12. The molecule has 8 nitrogen and oxygen atoms in total. The Labute approximate surface area is 183 Å². The van der Waals surface area contributed by atoms with Gasteiger partial charge in [0.25, 0.3) is 0 Å². The number of rotatable bonds is 8. The maximum Gasteiger partial charge on any atom is 0.387 e. The maximum absolute atomic E-state index is 12.5. The summed E-state index contributed by atoms with van der Waals surface area (Å²) in [5.41, 5.74) is 1.39. The van der Waals surface area contributed by atoms with Crippen molar-refractivity contribution in [2.45, 2.75) is 17.5 Å². The number of ether oxygens (including phenoxy) is 2. The van der Waals surface area contributed by atoms with Crippen LogP contribution in [-0.4, -0.2) is 39.0 Å². The molecule has 0 amide bonds. The fourth-order valence-corrected chi connectivity index (χ4v) is 3.37. The van der Waals surface area contributed by atoms with Gasteiger partial charge in [-0.05, 0) is 42.5 Å². The predicted molar refractivity (Wildman–Crippen MR) is 109 cm³/mol. The Kier molecular flexibility index (Phi) is 6.33. The molecule has 4 aromatic rings. The first-order valence-corrected chi connectivity index (χ1v) is 10.1. The van der Waals surface area contributed by atoms with Crippen molar-refractivity contribution in [3.8, 4) is 34.3 Å². The van der Waals surface area contributed by atoms with Crippen LogP contribution in [0.4, 0.5) is 8.78 Å². The number of thioether (sulfide) groups is 1. The van der Waals surface area contributed by atoms with Crippen LogP contribution in [-0.2, 0) is 5.75 Å². The Bertz CT molecular complexity index is 1170. The van der Waals surface area contributed by atoms with Gasteiger partial charge in [0, 0.05) is 16.1 Å². The van der Waals surface area contributed by atoms with E-state index in [0.29, 0.717) is 33.2 Å². The Morgan fingerprint density at radius 3 is 2.61 bits per heavy atom. The highest BCUT2D eigenvalue weighted by atomic mass is 35.5. The molecule has 1 N–H and O–H groups in total. The first-order valence-electron chi connectivity index (χ1n) is 8.79. The molecule has 0 unspecified atom stereocenters. The molecule has 0 saturated carbocycles. The van der Waals surface area contributed by atoms with Crippen molar-refractivity contribution in [2.24, 2.45) is 0 Å². The van der Waals surface area contributed by atoms with E-state index in [1.165, 1.54) is 37.1 Å². The van der Waals surface area contributed by atoms with Crippen molar-refractivity contribution in [1.29, 1.82) is 0 Å². The van der Waals surface area contributed by atoms with Crippen LogP contribution in [0.5, 0.6) is 11.5 Å². The monoisotopic (exact) mass is 465 g/mol. The van der Waals surface area contributed by atoms with E-state index in [-0.39, 0.29) is 17.3 Å². The average molecular weight is 466 g/mol. The molecule has 2 aromatic carbocycles. The number of hydrogen-bond donors (Lipinski definition) is 1. The molecule has 160 valence electrons. The Balaban J connectivity index is 1.42. The molecule has 2 aromatic heterocycles. The molecule has 12 heteroatoms. The Morgan fingerprint density at radius 2 is 1.87 bits per heavy atom. The lowest BCUT2D eigenvalue weighted by atomic mass is 10.2. The number of halogens is 3. The summed E-state index contributed by atoms with van der Waals surface area (Å²) >= 11 is 7.21. The standard InChI is InChI=1S/C19H14ClF2N5O3S/c1-28-14-8-11(4-7-13(14)29-18(21)22)17-23-15(30-27-17)9-31-19-24-16(25-26-19)10-2-5-12(20)6-3-10/h2-8,18H,9H2,1H3,(H,24,25,26). The molecule has 0 fully saturated rings. The summed E-state index contributed by atoms with van der Waals surface area (Å²) in [6.45, 7) is -2.95. The summed E-state index contributed by atoms with van der Waals surface area (Å²) in [4.78, 5) is 8.73. The molecule has 4 rings (SSSR count). The van der Waals surface area contributed by atoms with Crippen molar-refractivity contribution >= 4 is 23.4 Å². The van der Waals surface area contributed by atoms with Crippen LogP contribution < -0.4 is 9.47 Å². The summed E-state index contributed by atoms with van der Waals surface area (Å²) in [5, 5.41) is 12.1. The smallest absolute Gasteiger partial charge is 0.387 e. The van der Waals surface area contributed by atoms with Gasteiger partial charge in [-0.1, -0.05) is 28.5 Å². The van der Waals surface area contributed by atoms with Crippen LogP contribution in [0.25, 0.3) is 22.8 Å². The van der Waals surface area contributed by atoms with Crippen LogP contribution in [0.1, 0.15) is 5.89 Å². The fraction of sp³-hybridized carbons (Fsp3) is 0.158. The average Bonchev–Trinajstić information content (AvgIpc) is 3.42. The van der Waals surface area contributed by atoms with Crippen LogP contribution in [0.2, 0.25) is 5.02 Å². The third-order valence-electron chi connectivity index (χ3n) is 4.01. The molecule has 0 atom stereocenters. The number of hydrogen-bond acceptors (Lipinski definition) is 8. The normalized spacial score (nSPS) is 11.1. The second-order valence-electron chi connectivity index (χ2n) is 6.02. The number of aromatic nitrogens is 5. The highest BCUT2D eigenvalue weighted by molar-refractivity contribution is 7.98. The van der Waals surface area contributed by atoms with E-state index in [1.807, 2.05) is 12.1 Å². The van der Waals surface area contributed by atoms with Gasteiger partial charge in [0.05, 0.1) is 12.9 Å². The third-order valence-corrected chi connectivity index (χ3v) is 5.10. The van der Waals surface area contributed by atoms with Gasteiger partial charge in [-0.3, -0.25) is 5.10 Å². The first-order chi connectivity index (χ1) is 15.0. The van der Waals surface area contributed by atoms with Crippen molar-refractivity contribution < 1.29 is 22.8 Å². The zero-order valence-electron chi connectivity index (χ0n) is 15.9. The van der Waals surface area contributed by atoms with E-state index in [0.717, 1.165) is 5.56 Å². The Morgan fingerprint density at radius 1 is 1.10 bits per heavy atom. The van der Waals surface area contributed by atoms with Crippen LogP contribution in [0.15, 0.2) is 52.1 Å². The van der Waals surface area contributed by atoms with Crippen molar-refractivity contribution in [3.63, 3.8) is 0 Å². The molecular weight excluding hydrogens is 452 g/mol. The largest absolute Gasteiger partial charge is 0.493 e. The van der Waals surface area contributed by atoms with Gasteiger partial charge in [-0.2, -0.15) is 13.8 Å². The summed E-state index contributed by atoms with van der Waals surface area (Å²) < 4.78 is 39.7. The van der Waals surface area contributed by atoms with Gasteiger partial charge in [0.2, 0.25) is 16.9 Å². The van der Waals surface area contributed by atoms with Gasteiger partial charge in [-0.15, -0.1) is 5.10 Å². The molecule has 0 radical (unpaired) electrons. The zero-order chi connectivity index (χ0) is 21.8. The van der Waals surface area contributed by atoms with Crippen molar-refractivity contribution in [1.82, 2.24) is 25.3 Å². The number of aromatic amines is 1. The van der Waals surface area contributed by atoms with Crippen molar-refractivity contribution in [3.05, 3.63) is 53.4 Å². The minimum atomic E-state index is -2.95. The molecule has 0 aliphatic carbocycles. The fourth-order valence-electron chi connectivity index (χ4n) is 2.60. The molecule has 2 heterocycles. The lowest BCUT2D eigenvalue weighted by Crippen LogP contribution is -2.03. The predicted octanol–water partition coefficient (Wildman–Crippen LogP) is 5.08. The number of alkyl halides is 2. The molecule has 0 spiro atoms. The van der Waals surface area contributed by atoms with Gasteiger partial charge >= 0.3 is 6.61 Å². The zero-order valence-corrected chi connectivity index (χ0v) is 17.5. The quantitative estimate of drug-likeness (QED) is 0.360. The number of H-pyrrole nitrogens is 1. The SMILES string of the molecule is COc1cc(-c2noc(CSc3n[nH]c(-c4ccc(Cl)cc4)n3)n2)ccc1OC(F)F. The van der Waals surface area contributed by atoms with Gasteiger partial charge in [-0.25, -0.2) is 4.98 Å². The van der Waals surface area contributed by atoms with Gasteiger partial charge in [0.15, 0.2) is 17.3 Å². The minimum absolute atomic E-state index is 0.0818. The highest BCUT2D eigenvalue weighted by Gasteiger charge is 2.15. The Hall–Kier alpha value is -3.18. The summed E-state index contributed by atoms with van der Waals surface area (Å²) in [6.07, 6.45) is 0. The lowest BCUT2D eigenvalue weighted by Gasteiger charge is -2.10. The second kappa shape index (κ2) is 9.31. The van der Waals surface area contributed by atoms with Crippen LogP contribution in [0.3, 0.4) is 0 Å². The first kappa shape index (κ1) is 21.1.